The Morgan fingerprint density at radius 2 is 0.677 bits per heavy atom. The van der Waals surface area contributed by atoms with E-state index in [-0.39, 0.29) is 50.0 Å². The summed E-state index contributed by atoms with van der Waals surface area (Å²) in [7, 11) is 0. The maximum absolute atomic E-state index is 2.73. The smallest absolute Gasteiger partial charge is 0.252 e. The van der Waals surface area contributed by atoms with Crippen molar-refractivity contribution in [1.82, 2.24) is 0 Å². The minimum Gasteiger partial charge on any atom is -0.311 e. The van der Waals surface area contributed by atoms with Gasteiger partial charge >= 0.3 is 0 Å². The van der Waals surface area contributed by atoms with Crippen molar-refractivity contribution in [3.63, 3.8) is 0 Å². The number of hydrogen-bond donors (Lipinski definition) is 0. The summed E-state index contributed by atoms with van der Waals surface area (Å²) in [5.41, 5.74) is 33.3. The summed E-state index contributed by atoms with van der Waals surface area (Å²) in [6.07, 6.45) is 0. The average molecular weight is 1220 g/mol. The molecular weight excluding hydrogens is 1120 g/mol. The Bertz CT molecular complexity index is 4600. The van der Waals surface area contributed by atoms with Crippen LogP contribution in [0.25, 0.3) is 11.1 Å². The number of rotatable bonds is 6. The van der Waals surface area contributed by atoms with E-state index < -0.39 is 0 Å². The van der Waals surface area contributed by atoms with Crippen molar-refractivity contribution in [2.75, 3.05) is 14.7 Å². The Kier molecular flexibility index (Phi) is 13.9. The van der Waals surface area contributed by atoms with Gasteiger partial charge in [0.05, 0.1) is 5.69 Å². The van der Waals surface area contributed by atoms with E-state index in [1.165, 1.54) is 134 Å². The van der Waals surface area contributed by atoms with Gasteiger partial charge in [0.2, 0.25) is 0 Å². The molecule has 0 saturated heterocycles. The summed E-state index contributed by atoms with van der Waals surface area (Å²) in [6, 6.07) is 79.1. The summed E-state index contributed by atoms with van der Waals surface area (Å²) in [5, 5.41) is 0. The van der Waals surface area contributed by atoms with Crippen LogP contribution in [0, 0.1) is 6.92 Å². The summed E-state index contributed by atoms with van der Waals surface area (Å²) in [4.78, 5) is 7.96. The first-order valence-corrected chi connectivity index (χ1v) is 34.3. The third-order valence-corrected chi connectivity index (χ3v) is 22.3. The van der Waals surface area contributed by atoms with E-state index in [1.807, 2.05) is 0 Å². The molecule has 0 amide bonds. The van der Waals surface area contributed by atoms with E-state index in [9.17, 15) is 0 Å². The fourth-order valence-electron chi connectivity index (χ4n) is 16.6. The monoisotopic (exact) mass is 1220 g/mol. The molecular formula is C89H96BN3. The lowest BCUT2D eigenvalue weighted by Gasteiger charge is -2.49. The molecule has 10 aromatic carbocycles. The zero-order valence-electron chi connectivity index (χ0n) is 59.5. The van der Waals surface area contributed by atoms with Crippen molar-refractivity contribution in [2.24, 2.45) is 0 Å². The second kappa shape index (κ2) is 20.8. The van der Waals surface area contributed by atoms with Gasteiger partial charge in [-0.15, -0.1) is 0 Å². The van der Waals surface area contributed by atoms with Crippen LogP contribution in [0.5, 0.6) is 0 Å². The van der Waals surface area contributed by atoms with Gasteiger partial charge in [0.15, 0.2) is 0 Å². The molecule has 0 saturated carbocycles. The summed E-state index contributed by atoms with van der Waals surface area (Å²) >= 11 is 0. The Balaban J connectivity index is 1.14. The number of fused-ring (bicyclic) bond motifs is 8. The van der Waals surface area contributed by atoms with Crippen molar-refractivity contribution < 1.29 is 0 Å². The molecule has 0 unspecified atom stereocenters. The molecule has 14 rings (SSSR count). The Labute approximate surface area is 558 Å². The molecule has 470 valence electrons. The van der Waals surface area contributed by atoms with Gasteiger partial charge in [-0.1, -0.05) is 260 Å². The highest BCUT2D eigenvalue weighted by Crippen LogP contribution is 2.57. The highest BCUT2D eigenvalue weighted by atomic mass is 15.2. The standard InChI is InChI=1S/C89H96BN3/c1-55-47-69-71(88(18,19)67-33-27-25-31-65(67)86(69,14)15)53-77(55)93-76-46-44-63(91(61-40-35-57(36-41-61)82(2,3)4)62-42-37-58(38-43-62)83(5,6)7)51-73(76)90-74-52-70-72(89(20,21)68-34-28-26-32-66(68)87(70,16)17)54-78(74)92(79-49-60(85(11,12)13)50-80(93)81(79)90)75-45-39-59(84(8,9)10)48-64(75)56-29-23-22-24-30-56/h22-54H,1-21H3. The van der Waals surface area contributed by atoms with Crippen molar-refractivity contribution in [3.05, 3.63) is 273 Å². The second-order valence-corrected chi connectivity index (χ2v) is 34.0. The zero-order valence-corrected chi connectivity index (χ0v) is 59.5. The number of aryl methyl sites for hydroxylation is 1. The van der Waals surface area contributed by atoms with Crippen molar-refractivity contribution >= 4 is 74.3 Å². The average Bonchev–Trinajstić information content (AvgIpc) is 0.685. The first kappa shape index (κ1) is 62.1. The van der Waals surface area contributed by atoms with Crippen LogP contribution in [-0.2, 0) is 43.3 Å². The molecule has 4 aliphatic rings. The highest BCUT2D eigenvalue weighted by molar-refractivity contribution is 7.00. The normalized spacial score (nSPS) is 16.3. The largest absolute Gasteiger partial charge is 0.311 e. The molecule has 0 N–H and O–H groups in total. The first-order valence-electron chi connectivity index (χ1n) is 34.3. The number of anilines is 9. The van der Waals surface area contributed by atoms with E-state index in [2.05, 4.69) is 360 Å². The number of nitrogens with zero attached hydrogens (tertiary/aromatic N) is 3. The molecule has 0 spiro atoms. The number of hydrogen-bond acceptors (Lipinski definition) is 3. The van der Waals surface area contributed by atoms with Gasteiger partial charge in [0, 0.05) is 72.7 Å². The Morgan fingerprint density at radius 3 is 1.14 bits per heavy atom. The van der Waals surface area contributed by atoms with Crippen LogP contribution >= 0.6 is 0 Å². The molecule has 0 aromatic heterocycles. The molecule has 2 aliphatic carbocycles. The number of benzene rings is 10. The lowest BCUT2D eigenvalue weighted by Crippen LogP contribution is -2.62. The second-order valence-electron chi connectivity index (χ2n) is 34.0. The third-order valence-electron chi connectivity index (χ3n) is 22.3. The quantitative estimate of drug-likeness (QED) is 0.154. The van der Waals surface area contributed by atoms with Crippen molar-refractivity contribution in [1.29, 1.82) is 0 Å². The zero-order chi connectivity index (χ0) is 66.2. The molecule has 0 bridgehead atoms. The third kappa shape index (κ3) is 9.71. The lowest BCUT2D eigenvalue weighted by molar-refractivity contribution is 0.520. The predicted octanol–water partition coefficient (Wildman–Crippen LogP) is 22.3. The molecule has 10 aromatic rings. The molecule has 3 nitrogen and oxygen atoms in total. The van der Waals surface area contributed by atoms with Gasteiger partial charge in [-0.3, -0.25) is 0 Å². The van der Waals surface area contributed by atoms with Crippen LogP contribution in [0.3, 0.4) is 0 Å². The summed E-state index contributed by atoms with van der Waals surface area (Å²) < 4.78 is 0. The lowest BCUT2D eigenvalue weighted by atomic mass is 9.33. The van der Waals surface area contributed by atoms with Crippen molar-refractivity contribution in [3.8, 4) is 11.1 Å². The first-order chi connectivity index (χ1) is 43.6. The van der Waals surface area contributed by atoms with Crippen LogP contribution < -0.4 is 31.1 Å². The SMILES string of the molecule is Cc1cc2c(cc1N1c3ccc(N(c4ccc(C(C)(C)C)cc4)c4ccc(C(C)(C)C)cc4)cc3B3c4cc5c(cc4N(c4ccc(C(C)(C)C)cc4-c4ccccc4)c4cc(C(C)(C)C)cc1c43)C(C)(C)c1ccccc1C5(C)C)C(C)(C)c1ccccc1C2(C)C. The molecule has 93 heavy (non-hydrogen) atoms. The van der Waals surface area contributed by atoms with Crippen LogP contribution in [0.1, 0.15) is 211 Å². The van der Waals surface area contributed by atoms with E-state index in [0.717, 1.165) is 17.1 Å². The van der Waals surface area contributed by atoms with Gasteiger partial charge in [0.1, 0.15) is 0 Å². The highest BCUT2D eigenvalue weighted by Gasteiger charge is 2.50. The van der Waals surface area contributed by atoms with Crippen molar-refractivity contribution in [2.45, 2.75) is 189 Å². The van der Waals surface area contributed by atoms with E-state index in [1.54, 1.807) is 0 Å². The van der Waals surface area contributed by atoms with Crippen LogP contribution in [-0.4, -0.2) is 6.71 Å². The summed E-state index contributed by atoms with van der Waals surface area (Å²) in [5.74, 6) is 0. The van der Waals surface area contributed by atoms with E-state index in [0.29, 0.717) is 0 Å². The predicted molar refractivity (Wildman–Crippen MR) is 402 cm³/mol. The molecule has 2 heterocycles. The molecule has 4 heteroatoms. The van der Waals surface area contributed by atoms with Gasteiger partial charge in [-0.05, 0) is 202 Å². The van der Waals surface area contributed by atoms with Gasteiger partial charge < -0.3 is 14.7 Å². The van der Waals surface area contributed by atoms with Crippen LogP contribution in [0.2, 0.25) is 0 Å². The Morgan fingerprint density at radius 1 is 0.301 bits per heavy atom. The molecule has 0 fully saturated rings. The molecule has 0 atom stereocenters. The van der Waals surface area contributed by atoms with Gasteiger partial charge in [-0.2, -0.15) is 0 Å². The van der Waals surface area contributed by atoms with Crippen LogP contribution in [0.15, 0.2) is 200 Å². The molecule has 2 aliphatic heterocycles. The summed E-state index contributed by atoms with van der Waals surface area (Å²) in [6.45, 7) is 50.0. The van der Waals surface area contributed by atoms with Gasteiger partial charge in [-0.25, -0.2) is 0 Å². The molecule has 0 radical (unpaired) electrons. The fraction of sp³-hybridized carbons (Fsp3) is 0.326. The fourth-order valence-corrected chi connectivity index (χ4v) is 16.6. The maximum Gasteiger partial charge on any atom is 0.252 e. The maximum atomic E-state index is 2.73. The van der Waals surface area contributed by atoms with Gasteiger partial charge in [0.25, 0.3) is 6.71 Å². The Hall–Kier alpha value is -8.34. The topological polar surface area (TPSA) is 9.72 Å². The van der Waals surface area contributed by atoms with Crippen LogP contribution in [0.4, 0.5) is 51.2 Å². The minimum atomic E-state index is -0.301. The van der Waals surface area contributed by atoms with E-state index >= 15 is 0 Å². The minimum absolute atomic E-state index is 0.00207. The van der Waals surface area contributed by atoms with E-state index in [4.69, 9.17) is 0 Å².